The van der Waals surface area contributed by atoms with Gasteiger partial charge in [-0.1, -0.05) is 80.1 Å². The summed E-state index contributed by atoms with van der Waals surface area (Å²) in [6.07, 6.45) is 0.861. The minimum Gasteiger partial charge on any atom is -0.507 e. The zero-order valence-electron chi connectivity index (χ0n) is 20.7. The van der Waals surface area contributed by atoms with E-state index in [1.807, 2.05) is 63.2 Å². The number of aliphatic hydroxyl groups is 1. The van der Waals surface area contributed by atoms with Crippen LogP contribution in [0.4, 0.5) is 10.1 Å². The lowest BCUT2D eigenvalue weighted by molar-refractivity contribution is -0.118. The molecule has 0 amide bonds. The van der Waals surface area contributed by atoms with Gasteiger partial charge < -0.3 is 5.11 Å². The standard InChI is InChI=1S/C31H29FN2O2/c1-19-13-15-20(16-14-19)29(36)28-26(22-11-7-8-12-23(22)32)27-24(17-31(2,3)18-25(27)35)34(30(28)33)21-9-5-4-6-10-21/h4-16,26,33,36H,17-18H2,1-3H3/b29-28+,33-30?. The molecule has 5 heteroatoms. The average Bonchev–Trinajstić information content (AvgIpc) is 2.83. The van der Waals surface area contributed by atoms with Crippen LogP contribution in [-0.4, -0.2) is 16.7 Å². The number of Topliss-reactive ketones (excluding diaryl/α,β-unsaturated/α-hetero) is 1. The molecule has 0 aromatic heterocycles. The Morgan fingerprint density at radius 1 is 0.972 bits per heavy atom. The molecule has 1 aliphatic heterocycles. The molecule has 0 radical (unpaired) electrons. The summed E-state index contributed by atoms with van der Waals surface area (Å²) in [5, 5.41) is 21.0. The fourth-order valence-electron chi connectivity index (χ4n) is 5.36. The second-order valence-corrected chi connectivity index (χ2v) is 10.4. The van der Waals surface area contributed by atoms with E-state index in [9.17, 15) is 15.3 Å². The third-order valence-corrected chi connectivity index (χ3v) is 7.03. The summed E-state index contributed by atoms with van der Waals surface area (Å²) in [7, 11) is 0. The van der Waals surface area contributed by atoms with Crippen molar-refractivity contribution in [2.45, 2.75) is 39.5 Å². The summed E-state index contributed by atoms with van der Waals surface area (Å²) in [6.45, 7) is 6.03. The number of para-hydroxylation sites is 1. The predicted molar refractivity (Wildman–Crippen MR) is 142 cm³/mol. The maximum absolute atomic E-state index is 15.3. The van der Waals surface area contributed by atoms with Gasteiger partial charge in [0, 0.05) is 46.0 Å². The lowest BCUT2D eigenvalue weighted by Gasteiger charge is -2.45. The molecule has 0 saturated heterocycles. The molecule has 1 atom stereocenters. The summed E-state index contributed by atoms with van der Waals surface area (Å²) in [6, 6.07) is 23.1. The van der Waals surface area contributed by atoms with Crippen LogP contribution in [0.25, 0.3) is 5.76 Å². The normalized spacial score (nSPS) is 20.9. The Morgan fingerprint density at radius 3 is 2.28 bits per heavy atom. The molecule has 182 valence electrons. The Hall–Kier alpha value is -3.99. The number of rotatable bonds is 3. The zero-order valence-corrected chi connectivity index (χ0v) is 20.7. The molecule has 4 nitrogen and oxygen atoms in total. The number of ketones is 1. The van der Waals surface area contributed by atoms with E-state index in [1.54, 1.807) is 35.2 Å². The second kappa shape index (κ2) is 8.90. The minimum atomic E-state index is -0.890. The molecule has 3 aromatic rings. The van der Waals surface area contributed by atoms with Gasteiger partial charge in [-0.05, 0) is 37.0 Å². The van der Waals surface area contributed by atoms with E-state index in [4.69, 9.17) is 0 Å². The largest absolute Gasteiger partial charge is 0.507 e. The van der Waals surface area contributed by atoms with Crippen molar-refractivity contribution >= 4 is 23.1 Å². The van der Waals surface area contributed by atoms with E-state index < -0.39 is 11.7 Å². The van der Waals surface area contributed by atoms with Crippen molar-refractivity contribution in [2.75, 3.05) is 4.90 Å². The molecular formula is C31H29FN2O2. The van der Waals surface area contributed by atoms with Gasteiger partial charge in [-0.3, -0.25) is 15.1 Å². The molecule has 0 bridgehead atoms. The number of nitrogens with zero attached hydrogens (tertiary/aromatic N) is 1. The number of amidine groups is 1. The van der Waals surface area contributed by atoms with Crippen LogP contribution >= 0.6 is 0 Å². The summed E-state index contributed by atoms with van der Waals surface area (Å²) >= 11 is 0. The first-order chi connectivity index (χ1) is 17.2. The van der Waals surface area contributed by atoms with Crippen LogP contribution in [-0.2, 0) is 4.79 Å². The third kappa shape index (κ3) is 4.05. The number of benzene rings is 3. The van der Waals surface area contributed by atoms with E-state index in [-0.39, 0.29) is 33.9 Å². The van der Waals surface area contributed by atoms with Crippen molar-refractivity contribution in [2.24, 2.45) is 5.41 Å². The quantitative estimate of drug-likeness (QED) is 0.386. The predicted octanol–water partition coefficient (Wildman–Crippen LogP) is 7.33. The fraction of sp³-hybridized carbons (Fsp3) is 0.226. The Kier molecular flexibility index (Phi) is 5.87. The lowest BCUT2D eigenvalue weighted by atomic mass is 9.67. The number of hydrogen-bond donors (Lipinski definition) is 2. The molecular weight excluding hydrogens is 451 g/mol. The van der Waals surface area contributed by atoms with Crippen LogP contribution < -0.4 is 4.90 Å². The highest BCUT2D eigenvalue weighted by molar-refractivity contribution is 6.19. The number of allylic oxidation sites excluding steroid dienone is 2. The van der Waals surface area contributed by atoms with E-state index in [1.165, 1.54) is 6.07 Å². The van der Waals surface area contributed by atoms with Crippen molar-refractivity contribution in [3.8, 4) is 0 Å². The number of carbonyl (C=O) groups excluding carboxylic acids is 1. The van der Waals surface area contributed by atoms with E-state index in [0.717, 1.165) is 11.3 Å². The Bertz CT molecular complexity index is 1420. The van der Waals surface area contributed by atoms with Gasteiger partial charge in [0.25, 0.3) is 0 Å². The fourth-order valence-corrected chi connectivity index (χ4v) is 5.36. The monoisotopic (exact) mass is 480 g/mol. The first-order valence-corrected chi connectivity index (χ1v) is 12.1. The number of nitrogens with one attached hydrogen (secondary N) is 1. The number of carbonyl (C=O) groups is 1. The Morgan fingerprint density at radius 2 is 1.61 bits per heavy atom. The molecule has 5 rings (SSSR count). The second-order valence-electron chi connectivity index (χ2n) is 10.4. The molecule has 1 heterocycles. The van der Waals surface area contributed by atoms with Crippen LogP contribution in [0.5, 0.6) is 0 Å². The molecule has 1 aliphatic carbocycles. The number of aryl methyl sites for hydroxylation is 1. The molecule has 3 aromatic carbocycles. The SMILES string of the molecule is Cc1ccc(/C(O)=C2\C(=N)N(c3ccccc3)C3=C(C(=O)CC(C)(C)C3)C2c2ccccc2F)cc1. The minimum absolute atomic E-state index is 0.0387. The molecule has 36 heavy (non-hydrogen) atoms. The average molecular weight is 481 g/mol. The zero-order chi connectivity index (χ0) is 25.6. The highest BCUT2D eigenvalue weighted by atomic mass is 19.1. The first kappa shape index (κ1) is 23.7. The Balaban J connectivity index is 1.87. The van der Waals surface area contributed by atoms with Gasteiger partial charge in [-0.25, -0.2) is 4.39 Å². The molecule has 2 aliphatic rings. The van der Waals surface area contributed by atoms with Crippen LogP contribution in [0.15, 0.2) is 95.7 Å². The van der Waals surface area contributed by atoms with Gasteiger partial charge in [0.1, 0.15) is 17.4 Å². The van der Waals surface area contributed by atoms with Gasteiger partial charge >= 0.3 is 0 Å². The van der Waals surface area contributed by atoms with Gasteiger partial charge in [-0.2, -0.15) is 0 Å². The smallest absolute Gasteiger partial charge is 0.162 e. The maximum Gasteiger partial charge on any atom is 0.162 e. The highest BCUT2D eigenvalue weighted by Gasteiger charge is 2.47. The number of aliphatic hydroxyl groups excluding tert-OH is 1. The van der Waals surface area contributed by atoms with Crippen molar-refractivity contribution in [3.63, 3.8) is 0 Å². The molecule has 0 spiro atoms. The maximum atomic E-state index is 15.3. The van der Waals surface area contributed by atoms with Gasteiger partial charge in [0.2, 0.25) is 0 Å². The third-order valence-electron chi connectivity index (χ3n) is 7.03. The highest BCUT2D eigenvalue weighted by Crippen LogP contribution is 2.51. The Labute approximate surface area is 210 Å². The molecule has 0 fully saturated rings. The number of halogens is 1. The van der Waals surface area contributed by atoms with Gasteiger partial charge in [0.15, 0.2) is 5.78 Å². The number of anilines is 1. The lowest BCUT2D eigenvalue weighted by Crippen LogP contribution is -2.45. The van der Waals surface area contributed by atoms with Crippen molar-refractivity contribution < 1.29 is 14.3 Å². The first-order valence-electron chi connectivity index (χ1n) is 12.1. The summed E-state index contributed by atoms with van der Waals surface area (Å²) < 4.78 is 15.3. The van der Waals surface area contributed by atoms with Crippen LogP contribution in [0, 0.1) is 23.6 Å². The van der Waals surface area contributed by atoms with E-state index in [0.29, 0.717) is 29.7 Å². The van der Waals surface area contributed by atoms with Crippen LogP contribution in [0.2, 0.25) is 0 Å². The van der Waals surface area contributed by atoms with E-state index >= 15 is 4.39 Å². The summed E-state index contributed by atoms with van der Waals surface area (Å²) in [5.41, 5.74) is 3.60. The van der Waals surface area contributed by atoms with Crippen molar-refractivity contribution in [1.82, 2.24) is 0 Å². The number of hydrogen-bond acceptors (Lipinski definition) is 3. The summed E-state index contributed by atoms with van der Waals surface area (Å²) in [5.74, 6) is -1.53. The van der Waals surface area contributed by atoms with Crippen molar-refractivity contribution in [1.29, 1.82) is 5.41 Å². The van der Waals surface area contributed by atoms with Crippen LogP contribution in [0.1, 0.15) is 49.3 Å². The molecule has 1 unspecified atom stereocenters. The van der Waals surface area contributed by atoms with E-state index in [2.05, 4.69) is 0 Å². The molecule has 0 saturated carbocycles. The van der Waals surface area contributed by atoms with Crippen molar-refractivity contribution in [3.05, 3.63) is 118 Å². The summed E-state index contributed by atoms with van der Waals surface area (Å²) in [4.78, 5) is 15.5. The topological polar surface area (TPSA) is 64.4 Å². The van der Waals surface area contributed by atoms with Crippen LogP contribution in [0.3, 0.4) is 0 Å². The van der Waals surface area contributed by atoms with Gasteiger partial charge in [0.05, 0.1) is 0 Å². The molecule has 2 N–H and O–H groups in total. The van der Waals surface area contributed by atoms with Gasteiger partial charge in [-0.15, -0.1) is 0 Å².